The minimum atomic E-state index is -2.49. The number of carboxylic acids is 1. The fourth-order valence-corrected chi connectivity index (χ4v) is 2.58. The standard InChI is InChI=1S/C16H13F2N3O4/c17-10-1-3-11(4-2-10)21-13(22)6-5-12(19-21)14(23)20-8-7-16(18,9-20)15(24)25/h1-6H,7-9H2,(H,24,25). The second-order valence-corrected chi connectivity index (χ2v) is 5.69. The Morgan fingerprint density at radius 2 is 1.84 bits per heavy atom. The molecule has 0 saturated carbocycles. The number of carboxylic acid groups (broad SMARTS) is 1. The van der Waals surface area contributed by atoms with E-state index < -0.39 is 35.5 Å². The second kappa shape index (κ2) is 6.08. The SMILES string of the molecule is O=C(c1ccc(=O)n(-c2ccc(F)cc2)n1)N1CCC(F)(C(=O)O)C1. The molecule has 1 fully saturated rings. The number of benzene rings is 1. The number of carbonyl (C=O) groups is 2. The molecular weight excluding hydrogens is 336 g/mol. The number of nitrogens with zero attached hydrogens (tertiary/aromatic N) is 3. The van der Waals surface area contributed by atoms with Crippen molar-refractivity contribution in [2.24, 2.45) is 0 Å². The molecule has 1 aromatic heterocycles. The Labute approximate surface area is 140 Å². The maximum atomic E-state index is 14.1. The quantitative estimate of drug-likeness (QED) is 0.893. The molecule has 130 valence electrons. The molecule has 1 atom stereocenters. The molecule has 0 bridgehead atoms. The Morgan fingerprint density at radius 3 is 2.44 bits per heavy atom. The molecule has 3 rings (SSSR count). The number of amides is 1. The fraction of sp³-hybridized carbons (Fsp3) is 0.250. The lowest BCUT2D eigenvalue weighted by atomic mass is 10.1. The molecule has 1 N–H and O–H groups in total. The summed E-state index contributed by atoms with van der Waals surface area (Å²) < 4.78 is 28.0. The van der Waals surface area contributed by atoms with Gasteiger partial charge in [0.25, 0.3) is 11.5 Å². The maximum absolute atomic E-state index is 14.1. The van der Waals surface area contributed by atoms with Gasteiger partial charge in [-0.3, -0.25) is 9.59 Å². The van der Waals surface area contributed by atoms with Crippen molar-refractivity contribution in [2.75, 3.05) is 13.1 Å². The first-order valence-electron chi connectivity index (χ1n) is 7.38. The Balaban J connectivity index is 1.90. The van der Waals surface area contributed by atoms with Gasteiger partial charge in [0.15, 0.2) is 0 Å². The second-order valence-electron chi connectivity index (χ2n) is 5.69. The van der Waals surface area contributed by atoms with Crippen LogP contribution < -0.4 is 5.56 Å². The van der Waals surface area contributed by atoms with Gasteiger partial charge in [0.1, 0.15) is 11.5 Å². The van der Waals surface area contributed by atoms with E-state index in [1.54, 1.807) is 0 Å². The predicted octanol–water partition coefficient (Wildman–Crippen LogP) is 1.01. The molecule has 0 spiro atoms. The lowest BCUT2D eigenvalue weighted by Gasteiger charge is -2.17. The van der Waals surface area contributed by atoms with E-state index in [-0.39, 0.29) is 24.3 Å². The van der Waals surface area contributed by atoms with Gasteiger partial charge in [-0.15, -0.1) is 0 Å². The number of aromatic nitrogens is 2. The zero-order valence-electron chi connectivity index (χ0n) is 12.9. The van der Waals surface area contributed by atoms with Crippen molar-refractivity contribution in [3.05, 3.63) is 58.3 Å². The van der Waals surface area contributed by atoms with Gasteiger partial charge in [-0.25, -0.2) is 13.6 Å². The Hall–Kier alpha value is -3.10. The summed E-state index contributed by atoms with van der Waals surface area (Å²) in [6.45, 7) is -0.655. The van der Waals surface area contributed by atoms with Crippen molar-refractivity contribution >= 4 is 11.9 Å². The number of hydrogen-bond acceptors (Lipinski definition) is 4. The molecular formula is C16H13F2N3O4. The molecule has 25 heavy (non-hydrogen) atoms. The summed E-state index contributed by atoms with van der Waals surface area (Å²) >= 11 is 0. The molecule has 2 aromatic rings. The summed E-state index contributed by atoms with van der Waals surface area (Å²) in [5.41, 5.74) is -2.90. The van der Waals surface area contributed by atoms with Crippen molar-refractivity contribution in [3.63, 3.8) is 0 Å². The van der Waals surface area contributed by atoms with Crippen LogP contribution in [0.2, 0.25) is 0 Å². The molecule has 1 unspecified atom stereocenters. The zero-order chi connectivity index (χ0) is 18.2. The number of aliphatic carboxylic acids is 1. The van der Waals surface area contributed by atoms with Crippen LogP contribution in [0.1, 0.15) is 16.9 Å². The highest BCUT2D eigenvalue weighted by Crippen LogP contribution is 2.26. The molecule has 2 heterocycles. The minimum absolute atomic E-state index is 0.0704. The third-order valence-corrected chi connectivity index (χ3v) is 3.98. The maximum Gasteiger partial charge on any atom is 0.343 e. The average molecular weight is 349 g/mol. The van der Waals surface area contributed by atoms with Crippen LogP contribution in [-0.4, -0.2) is 50.4 Å². The molecule has 1 amide bonds. The Morgan fingerprint density at radius 1 is 1.16 bits per heavy atom. The number of rotatable bonds is 3. The first-order valence-corrected chi connectivity index (χ1v) is 7.38. The fourth-order valence-electron chi connectivity index (χ4n) is 2.58. The van der Waals surface area contributed by atoms with E-state index in [0.717, 1.165) is 27.8 Å². The summed E-state index contributed by atoms with van der Waals surface area (Å²) in [6.07, 6.45) is -0.314. The predicted molar refractivity (Wildman–Crippen MR) is 81.8 cm³/mol. The molecule has 0 aliphatic carbocycles. The Kier molecular flexibility index (Phi) is 4.07. The highest BCUT2D eigenvalue weighted by Gasteiger charge is 2.47. The van der Waals surface area contributed by atoms with Gasteiger partial charge in [0.05, 0.1) is 12.2 Å². The van der Waals surface area contributed by atoms with Crippen molar-refractivity contribution in [1.82, 2.24) is 14.7 Å². The van der Waals surface area contributed by atoms with E-state index in [9.17, 15) is 23.2 Å². The highest BCUT2D eigenvalue weighted by atomic mass is 19.1. The molecule has 7 nitrogen and oxygen atoms in total. The van der Waals surface area contributed by atoms with Crippen LogP contribution in [0.5, 0.6) is 0 Å². The monoisotopic (exact) mass is 349 g/mol. The van der Waals surface area contributed by atoms with Crippen LogP contribution in [0.4, 0.5) is 8.78 Å². The van der Waals surface area contributed by atoms with Crippen LogP contribution in [0, 0.1) is 5.82 Å². The van der Waals surface area contributed by atoms with Crippen molar-refractivity contribution in [2.45, 2.75) is 12.1 Å². The van der Waals surface area contributed by atoms with Crippen LogP contribution in [0.3, 0.4) is 0 Å². The van der Waals surface area contributed by atoms with Gasteiger partial charge in [0, 0.05) is 19.0 Å². The summed E-state index contributed by atoms with van der Waals surface area (Å²) in [5, 5.41) is 12.8. The summed E-state index contributed by atoms with van der Waals surface area (Å²) in [4.78, 5) is 36.3. The number of carbonyl (C=O) groups excluding carboxylic acids is 1. The first kappa shape index (κ1) is 16.7. The number of alkyl halides is 1. The van der Waals surface area contributed by atoms with Crippen molar-refractivity contribution in [3.8, 4) is 5.69 Å². The topological polar surface area (TPSA) is 92.5 Å². The van der Waals surface area contributed by atoms with Gasteiger partial charge < -0.3 is 10.0 Å². The third-order valence-electron chi connectivity index (χ3n) is 3.98. The van der Waals surface area contributed by atoms with Gasteiger partial charge in [-0.05, 0) is 30.3 Å². The largest absolute Gasteiger partial charge is 0.479 e. The first-order chi connectivity index (χ1) is 11.8. The summed E-state index contributed by atoms with van der Waals surface area (Å²) in [6, 6.07) is 7.23. The van der Waals surface area contributed by atoms with Gasteiger partial charge in [0.2, 0.25) is 5.67 Å². The molecule has 1 saturated heterocycles. The van der Waals surface area contributed by atoms with E-state index in [2.05, 4.69) is 5.10 Å². The molecule has 1 aliphatic heterocycles. The summed E-state index contributed by atoms with van der Waals surface area (Å²) in [5.74, 6) is -2.79. The molecule has 1 aromatic carbocycles. The van der Waals surface area contributed by atoms with Gasteiger partial charge in [-0.2, -0.15) is 9.78 Å². The lowest BCUT2D eigenvalue weighted by Crippen LogP contribution is -2.39. The van der Waals surface area contributed by atoms with Crippen LogP contribution in [-0.2, 0) is 4.79 Å². The van der Waals surface area contributed by atoms with E-state index >= 15 is 0 Å². The van der Waals surface area contributed by atoms with Gasteiger partial charge >= 0.3 is 5.97 Å². The smallest absolute Gasteiger partial charge is 0.343 e. The third kappa shape index (κ3) is 3.12. The highest BCUT2D eigenvalue weighted by molar-refractivity contribution is 5.93. The van der Waals surface area contributed by atoms with E-state index in [0.29, 0.717) is 0 Å². The Bertz CT molecular complexity index is 897. The molecule has 1 aliphatic rings. The van der Waals surface area contributed by atoms with Crippen LogP contribution >= 0.6 is 0 Å². The van der Waals surface area contributed by atoms with Crippen LogP contribution in [0.15, 0.2) is 41.2 Å². The zero-order valence-corrected chi connectivity index (χ0v) is 12.9. The molecule has 9 heteroatoms. The van der Waals surface area contributed by atoms with E-state index in [4.69, 9.17) is 5.11 Å². The van der Waals surface area contributed by atoms with E-state index in [1.807, 2.05) is 0 Å². The van der Waals surface area contributed by atoms with Crippen molar-refractivity contribution < 1.29 is 23.5 Å². The van der Waals surface area contributed by atoms with Crippen molar-refractivity contribution in [1.29, 1.82) is 0 Å². The number of hydrogen-bond donors (Lipinski definition) is 1. The summed E-state index contributed by atoms with van der Waals surface area (Å²) in [7, 11) is 0. The number of likely N-dealkylation sites (tertiary alicyclic amines) is 1. The van der Waals surface area contributed by atoms with Gasteiger partial charge in [-0.1, -0.05) is 0 Å². The minimum Gasteiger partial charge on any atom is -0.479 e. The van der Waals surface area contributed by atoms with Crippen LogP contribution in [0.25, 0.3) is 5.69 Å². The average Bonchev–Trinajstić information content (AvgIpc) is 2.99. The number of halogens is 2. The lowest BCUT2D eigenvalue weighted by molar-refractivity contribution is -0.149. The van der Waals surface area contributed by atoms with E-state index in [1.165, 1.54) is 18.2 Å². The normalized spacial score (nSPS) is 19.8. The molecule has 0 radical (unpaired) electrons.